The molecule has 8 heteroatoms. The van der Waals surface area contributed by atoms with Crippen molar-refractivity contribution in [2.45, 2.75) is 46.7 Å². The first-order chi connectivity index (χ1) is 13.5. The van der Waals surface area contributed by atoms with E-state index in [1.807, 2.05) is 49.1 Å². The lowest BCUT2D eigenvalue weighted by molar-refractivity contribution is 0.0773. The lowest BCUT2D eigenvalue weighted by Gasteiger charge is -2.18. The molecule has 160 valence electrons. The summed E-state index contributed by atoms with van der Waals surface area (Å²) in [4.78, 5) is 18.4. The standard InChI is InChI=1S/C21H31N5O2.HI/c1-6-26(7-2)20(27)17-10-8-16(9-11-17)13-23-21(22-5)24-14-18-12-19(15(3)4)25-28-18;/h8-12,15H,6-7,13-14H2,1-5H3,(H2,22,23,24);1H. The molecule has 0 aliphatic carbocycles. The van der Waals surface area contributed by atoms with Gasteiger partial charge in [0.2, 0.25) is 0 Å². The molecule has 1 heterocycles. The quantitative estimate of drug-likeness (QED) is 0.319. The summed E-state index contributed by atoms with van der Waals surface area (Å²) in [5.74, 6) is 1.85. The Kier molecular flexibility index (Phi) is 10.7. The van der Waals surface area contributed by atoms with Crippen molar-refractivity contribution in [2.75, 3.05) is 20.1 Å². The molecule has 2 N–H and O–H groups in total. The zero-order valence-electron chi connectivity index (χ0n) is 17.9. The number of nitrogens with zero attached hydrogens (tertiary/aromatic N) is 3. The Morgan fingerprint density at radius 1 is 1.14 bits per heavy atom. The van der Waals surface area contributed by atoms with Crippen LogP contribution in [0.4, 0.5) is 0 Å². The van der Waals surface area contributed by atoms with Crippen molar-refractivity contribution in [1.82, 2.24) is 20.7 Å². The number of nitrogens with one attached hydrogen (secondary N) is 2. The molecule has 1 amide bonds. The molecule has 0 fully saturated rings. The van der Waals surface area contributed by atoms with Crippen LogP contribution in [-0.2, 0) is 13.1 Å². The highest BCUT2D eigenvalue weighted by atomic mass is 127. The summed E-state index contributed by atoms with van der Waals surface area (Å²) in [6.45, 7) is 10.7. The van der Waals surface area contributed by atoms with Crippen molar-refractivity contribution < 1.29 is 9.32 Å². The van der Waals surface area contributed by atoms with Crippen LogP contribution >= 0.6 is 24.0 Å². The molecule has 2 aromatic rings. The topological polar surface area (TPSA) is 82.8 Å². The van der Waals surface area contributed by atoms with Gasteiger partial charge in [-0.05, 0) is 37.5 Å². The van der Waals surface area contributed by atoms with Gasteiger partial charge in [-0.15, -0.1) is 24.0 Å². The van der Waals surface area contributed by atoms with Crippen molar-refractivity contribution in [3.8, 4) is 0 Å². The predicted octanol–water partition coefficient (Wildman–Crippen LogP) is 3.76. The Hall–Kier alpha value is -2.10. The van der Waals surface area contributed by atoms with Gasteiger partial charge in [0.25, 0.3) is 5.91 Å². The molecular weight excluding hydrogens is 481 g/mol. The Balaban J connectivity index is 0.00000420. The Labute approximate surface area is 190 Å². The summed E-state index contributed by atoms with van der Waals surface area (Å²) in [7, 11) is 1.72. The third-order valence-corrected chi connectivity index (χ3v) is 4.53. The number of rotatable bonds is 8. The van der Waals surface area contributed by atoms with Gasteiger partial charge < -0.3 is 20.1 Å². The maximum absolute atomic E-state index is 12.4. The van der Waals surface area contributed by atoms with Gasteiger partial charge in [0.1, 0.15) is 0 Å². The number of aliphatic imine (C=N–C) groups is 1. The molecule has 0 radical (unpaired) electrons. The van der Waals surface area contributed by atoms with Gasteiger partial charge >= 0.3 is 0 Å². The van der Waals surface area contributed by atoms with E-state index in [2.05, 4.69) is 34.6 Å². The number of amides is 1. The SMILES string of the molecule is CCN(CC)C(=O)c1ccc(CNC(=NC)NCc2cc(C(C)C)no2)cc1.I. The smallest absolute Gasteiger partial charge is 0.253 e. The highest BCUT2D eigenvalue weighted by molar-refractivity contribution is 14.0. The number of hydrogen-bond acceptors (Lipinski definition) is 4. The third-order valence-electron chi connectivity index (χ3n) is 4.53. The van der Waals surface area contributed by atoms with E-state index in [0.29, 0.717) is 43.6 Å². The minimum absolute atomic E-state index is 0. The molecular formula is C21H32IN5O2. The van der Waals surface area contributed by atoms with Gasteiger partial charge in [-0.1, -0.05) is 31.1 Å². The van der Waals surface area contributed by atoms with Gasteiger partial charge in [-0.2, -0.15) is 0 Å². The van der Waals surface area contributed by atoms with Crippen LogP contribution in [0.15, 0.2) is 39.8 Å². The lowest BCUT2D eigenvalue weighted by atomic mass is 10.1. The van der Waals surface area contributed by atoms with Crippen LogP contribution in [0.3, 0.4) is 0 Å². The summed E-state index contributed by atoms with van der Waals surface area (Å²) in [5, 5.41) is 10.5. The predicted molar refractivity (Wildman–Crippen MR) is 127 cm³/mol. The summed E-state index contributed by atoms with van der Waals surface area (Å²) >= 11 is 0. The zero-order valence-corrected chi connectivity index (χ0v) is 20.2. The molecule has 1 aromatic carbocycles. The first kappa shape index (κ1) is 24.9. The Bertz CT molecular complexity index is 783. The summed E-state index contributed by atoms with van der Waals surface area (Å²) in [6, 6.07) is 9.62. The lowest BCUT2D eigenvalue weighted by Crippen LogP contribution is -2.36. The van der Waals surface area contributed by atoms with E-state index in [4.69, 9.17) is 4.52 Å². The maximum atomic E-state index is 12.4. The van der Waals surface area contributed by atoms with Gasteiger partial charge in [0, 0.05) is 38.3 Å². The minimum atomic E-state index is 0. The fourth-order valence-corrected chi connectivity index (χ4v) is 2.72. The fraction of sp³-hybridized carbons (Fsp3) is 0.476. The second-order valence-electron chi connectivity index (χ2n) is 6.83. The van der Waals surface area contributed by atoms with E-state index < -0.39 is 0 Å². The minimum Gasteiger partial charge on any atom is -0.359 e. The molecule has 0 atom stereocenters. The van der Waals surface area contributed by atoms with E-state index in [1.165, 1.54) is 0 Å². The van der Waals surface area contributed by atoms with Gasteiger partial charge in [-0.3, -0.25) is 9.79 Å². The fourth-order valence-electron chi connectivity index (χ4n) is 2.72. The number of guanidine groups is 1. The van der Waals surface area contributed by atoms with Crippen LogP contribution in [0.5, 0.6) is 0 Å². The van der Waals surface area contributed by atoms with Crippen molar-refractivity contribution in [1.29, 1.82) is 0 Å². The molecule has 0 saturated heterocycles. The van der Waals surface area contributed by atoms with Crippen molar-refractivity contribution in [3.05, 3.63) is 52.9 Å². The molecule has 0 bridgehead atoms. The van der Waals surface area contributed by atoms with Gasteiger partial charge in [-0.25, -0.2) is 0 Å². The van der Waals surface area contributed by atoms with Gasteiger partial charge in [0.15, 0.2) is 11.7 Å². The van der Waals surface area contributed by atoms with Crippen LogP contribution in [-0.4, -0.2) is 42.1 Å². The molecule has 1 aromatic heterocycles. The number of hydrogen-bond donors (Lipinski definition) is 2. The second-order valence-corrected chi connectivity index (χ2v) is 6.83. The normalized spacial score (nSPS) is 11.2. The molecule has 0 spiro atoms. The van der Waals surface area contributed by atoms with Crippen molar-refractivity contribution >= 4 is 35.8 Å². The van der Waals surface area contributed by atoms with Crippen molar-refractivity contribution in [2.24, 2.45) is 4.99 Å². The van der Waals surface area contributed by atoms with E-state index in [9.17, 15) is 4.79 Å². The third kappa shape index (κ3) is 7.34. The Morgan fingerprint density at radius 2 is 1.76 bits per heavy atom. The summed E-state index contributed by atoms with van der Waals surface area (Å²) in [6.07, 6.45) is 0. The van der Waals surface area contributed by atoms with Gasteiger partial charge in [0.05, 0.1) is 12.2 Å². The van der Waals surface area contributed by atoms with E-state index in [1.54, 1.807) is 7.05 Å². The highest BCUT2D eigenvalue weighted by Crippen LogP contribution is 2.13. The first-order valence-corrected chi connectivity index (χ1v) is 9.76. The van der Waals surface area contributed by atoms with Crippen LogP contribution in [0.25, 0.3) is 0 Å². The molecule has 0 unspecified atom stereocenters. The summed E-state index contributed by atoms with van der Waals surface area (Å²) in [5.41, 5.74) is 2.72. The van der Waals surface area contributed by atoms with Crippen LogP contribution in [0.2, 0.25) is 0 Å². The number of halogens is 1. The van der Waals surface area contributed by atoms with Crippen molar-refractivity contribution in [3.63, 3.8) is 0 Å². The first-order valence-electron chi connectivity index (χ1n) is 9.76. The largest absolute Gasteiger partial charge is 0.359 e. The number of carbonyl (C=O) groups is 1. The average molecular weight is 513 g/mol. The number of benzene rings is 1. The van der Waals surface area contributed by atoms with Crippen LogP contribution < -0.4 is 10.6 Å². The molecule has 0 aliphatic heterocycles. The molecule has 0 aliphatic rings. The van der Waals surface area contributed by atoms with E-state index in [0.717, 1.165) is 17.0 Å². The molecule has 7 nitrogen and oxygen atoms in total. The zero-order chi connectivity index (χ0) is 20.5. The molecule has 29 heavy (non-hydrogen) atoms. The summed E-state index contributed by atoms with van der Waals surface area (Å²) < 4.78 is 5.33. The second kappa shape index (κ2) is 12.5. The Morgan fingerprint density at radius 3 is 2.28 bits per heavy atom. The number of carbonyl (C=O) groups excluding carboxylic acids is 1. The maximum Gasteiger partial charge on any atom is 0.253 e. The monoisotopic (exact) mass is 513 g/mol. The molecule has 2 rings (SSSR count). The van der Waals surface area contributed by atoms with E-state index >= 15 is 0 Å². The highest BCUT2D eigenvalue weighted by Gasteiger charge is 2.12. The van der Waals surface area contributed by atoms with Crippen LogP contribution in [0, 0.1) is 0 Å². The van der Waals surface area contributed by atoms with Crippen LogP contribution in [0.1, 0.15) is 61.0 Å². The molecule has 0 saturated carbocycles. The van der Waals surface area contributed by atoms with E-state index in [-0.39, 0.29) is 29.9 Å². The number of aromatic nitrogens is 1. The average Bonchev–Trinajstić information content (AvgIpc) is 3.19.